The summed E-state index contributed by atoms with van der Waals surface area (Å²) >= 11 is 0. The van der Waals surface area contributed by atoms with Gasteiger partial charge in [0.25, 0.3) is 0 Å². The average molecular weight is 981 g/mol. The largest absolute Gasteiger partial charge is 0.0616 e. The molecule has 0 saturated heterocycles. The molecule has 2 aliphatic carbocycles. The molecule has 16 aromatic rings. The maximum absolute atomic E-state index is 2.50. The molecule has 0 heterocycles. The van der Waals surface area contributed by atoms with Crippen molar-refractivity contribution in [1.82, 2.24) is 0 Å². The Morgan fingerprint density at radius 2 is 0.397 bits per heavy atom. The topological polar surface area (TPSA) is 0 Å². The molecule has 18 rings (SSSR count). The minimum Gasteiger partial charge on any atom is -0.0616 e. The lowest BCUT2D eigenvalue weighted by Crippen LogP contribution is -1.97. The monoisotopic (exact) mass is 980 g/mol. The Hall–Kier alpha value is -10.1. The summed E-state index contributed by atoms with van der Waals surface area (Å²) in [5.74, 6) is 0. The summed E-state index contributed by atoms with van der Waals surface area (Å²) in [5.41, 5.74) is 20.4. The Kier molecular flexibility index (Phi) is 8.49. The zero-order valence-corrected chi connectivity index (χ0v) is 42.4. The second-order valence-electron chi connectivity index (χ2n) is 21.7. The van der Waals surface area contributed by atoms with E-state index in [0.717, 1.165) is 0 Å². The summed E-state index contributed by atoms with van der Waals surface area (Å²) in [4.78, 5) is 0. The van der Waals surface area contributed by atoms with Gasteiger partial charge in [-0.05, 0) is 210 Å². The first-order valence-electron chi connectivity index (χ1n) is 27.3. The van der Waals surface area contributed by atoms with Crippen molar-refractivity contribution in [3.05, 3.63) is 267 Å². The molecule has 78 heavy (non-hydrogen) atoms. The Morgan fingerprint density at radius 1 is 0.141 bits per heavy atom. The molecule has 0 nitrogen and oxygen atoms in total. The van der Waals surface area contributed by atoms with Crippen LogP contribution in [-0.2, 0) is 0 Å². The average Bonchev–Trinajstić information content (AvgIpc) is 3.56. The second-order valence-corrected chi connectivity index (χ2v) is 21.7. The summed E-state index contributed by atoms with van der Waals surface area (Å²) in [7, 11) is 0. The van der Waals surface area contributed by atoms with Gasteiger partial charge in [0.05, 0.1) is 0 Å². The Bertz CT molecular complexity index is 5030. The zero-order valence-electron chi connectivity index (χ0n) is 42.4. The van der Waals surface area contributed by atoms with Crippen molar-refractivity contribution in [3.63, 3.8) is 0 Å². The van der Waals surface area contributed by atoms with E-state index in [0.29, 0.717) is 0 Å². The van der Waals surface area contributed by atoms with Crippen LogP contribution in [0.2, 0.25) is 0 Å². The fraction of sp³-hybridized carbons (Fsp3) is 0. The maximum atomic E-state index is 2.50. The molecule has 356 valence electrons. The lowest BCUT2D eigenvalue weighted by atomic mass is 9.78. The lowest BCUT2D eigenvalue weighted by molar-refractivity contribution is 1.65. The molecule has 0 amide bonds. The molecule has 2 aliphatic rings. The van der Waals surface area contributed by atoms with Gasteiger partial charge in [-0.3, -0.25) is 0 Å². The van der Waals surface area contributed by atoms with Crippen LogP contribution in [0.3, 0.4) is 0 Å². The van der Waals surface area contributed by atoms with Gasteiger partial charge in [0.15, 0.2) is 0 Å². The highest BCUT2D eigenvalue weighted by molar-refractivity contribution is 6.37. The van der Waals surface area contributed by atoms with Gasteiger partial charge >= 0.3 is 0 Å². The third-order valence-electron chi connectivity index (χ3n) is 17.8. The van der Waals surface area contributed by atoms with E-state index in [2.05, 4.69) is 267 Å². The van der Waals surface area contributed by atoms with Gasteiger partial charge in [0.2, 0.25) is 0 Å². The van der Waals surface area contributed by atoms with E-state index in [-0.39, 0.29) is 0 Å². The fourth-order valence-corrected chi connectivity index (χ4v) is 14.5. The van der Waals surface area contributed by atoms with E-state index < -0.39 is 0 Å². The minimum absolute atomic E-state index is 1.22. The molecule has 0 spiro atoms. The number of rotatable bonds is 4. The Balaban J connectivity index is 1.08. The van der Waals surface area contributed by atoms with Crippen molar-refractivity contribution in [2.24, 2.45) is 0 Å². The summed E-state index contributed by atoms with van der Waals surface area (Å²) < 4.78 is 0. The maximum Gasteiger partial charge on any atom is -0.000719 e. The molecule has 0 saturated carbocycles. The standard InChI is InChI=1S/C78H44/c1-5-17-51-41-55(33-29-45(51)13-1)69-65-39-37-60-59(73(65)71(57-35-31-47-15-3-7-19-53(47)43-57)77-63-27-11-23-49-21-9-25-61(67(49)63)75(69)77)38-40-66-70(56-34-30-46-14-2-6-18-52(46)42-56)76-62-26-10-22-50-24-12-28-64(68(50)62)78(76)72(74(60)66)58-36-32-48-16-4-8-20-54(48)44-58/h1-44H. The van der Waals surface area contributed by atoms with Crippen LogP contribution in [0.5, 0.6) is 0 Å². The van der Waals surface area contributed by atoms with Crippen molar-refractivity contribution in [1.29, 1.82) is 0 Å². The summed E-state index contributed by atoms with van der Waals surface area (Å²) in [6.07, 6.45) is 0. The van der Waals surface area contributed by atoms with Gasteiger partial charge in [0.1, 0.15) is 0 Å². The van der Waals surface area contributed by atoms with Gasteiger partial charge in [0, 0.05) is 0 Å². The summed E-state index contributed by atoms with van der Waals surface area (Å²) in [6.45, 7) is 0. The quantitative estimate of drug-likeness (QED) is 0.154. The van der Waals surface area contributed by atoms with E-state index >= 15 is 0 Å². The molecule has 16 aromatic carbocycles. The molecule has 0 bridgehead atoms. The molecular weight excluding hydrogens is 937 g/mol. The molecule has 0 heteroatoms. The van der Waals surface area contributed by atoms with Gasteiger partial charge in [-0.2, -0.15) is 0 Å². The van der Waals surface area contributed by atoms with E-state index in [9.17, 15) is 0 Å². The van der Waals surface area contributed by atoms with Crippen LogP contribution in [-0.4, -0.2) is 0 Å². The van der Waals surface area contributed by atoms with E-state index in [1.165, 1.54) is 186 Å². The molecule has 0 aromatic heterocycles. The zero-order chi connectivity index (χ0) is 50.7. The molecule has 0 atom stereocenters. The van der Waals surface area contributed by atoms with Crippen molar-refractivity contribution in [2.75, 3.05) is 0 Å². The van der Waals surface area contributed by atoms with Crippen LogP contribution >= 0.6 is 0 Å². The van der Waals surface area contributed by atoms with Crippen LogP contribution in [0.25, 0.3) is 186 Å². The van der Waals surface area contributed by atoms with Crippen LogP contribution in [0.1, 0.15) is 0 Å². The van der Waals surface area contributed by atoms with Crippen molar-refractivity contribution < 1.29 is 0 Å². The van der Waals surface area contributed by atoms with Crippen molar-refractivity contribution in [2.45, 2.75) is 0 Å². The summed E-state index contributed by atoms with van der Waals surface area (Å²) in [5, 5.41) is 22.6. The SMILES string of the molecule is c1ccc2cc(-c3c4c(c(-c5ccc6ccccc6c5)c5c3ccc3c5ccc5c(-c6ccc7ccccc7c6)c6c(c(-c7ccc8ccccc8c7)c53)-c3cccc5cccc-6c35)-c3cccc5cccc-4c35)ccc2c1. The molecule has 0 fully saturated rings. The smallest absolute Gasteiger partial charge is 0.000719 e. The van der Waals surface area contributed by atoms with E-state index in [1.54, 1.807) is 0 Å². The van der Waals surface area contributed by atoms with Crippen molar-refractivity contribution >= 4 is 97.0 Å². The van der Waals surface area contributed by atoms with Gasteiger partial charge < -0.3 is 0 Å². The van der Waals surface area contributed by atoms with Crippen molar-refractivity contribution in [3.8, 4) is 89.0 Å². The highest BCUT2D eigenvalue weighted by Gasteiger charge is 2.34. The predicted octanol–water partition coefficient (Wildman–Crippen LogP) is 22.0. The van der Waals surface area contributed by atoms with E-state index in [1.807, 2.05) is 0 Å². The minimum atomic E-state index is 1.22. The van der Waals surface area contributed by atoms with Gasteiger partial charge in [-0.15, -0.1) is 0 Å². The van der Waals surface area contributed by atoms with Crippen LogP contribution < -0.4 is 0 Å². The Morgan fingerprint density at radius 3 is 0.718 bits per heavy atom. The fourth-order valence-electron chi connectivity index (χ4n) is 14.5. The van der Waals surface area contributed by atoms with Crippen LogP contribution in [0.4, 0.5) is 0 Å². The number of benzene rings is 16. The van der Waals surface area contributed by atoms with Crippen LogP contribution in [0, 0.1) is 0 Å². The molecule has 0 N–H and O–H groups in total. The molecule has 0 radical (unpaired) electrons. The first kappa shape index (κ1) is 42.1. The normalized spacial score (nSPS) is 12.4. The van der Waals surface area contributed by atoms with Gasteiger partial charge in [-0.1, -0.05) is 243 Å². The molecule has 0 aliphatic heterocycles. The summed E-state index contributed by atoms with van der Waals surface area (Å²) in [6, 6.07) is 102. The van der Waals surface area contributed by atoms with E-state index in [4.69, 9.17) is 0 Å². The first-order valence-corrected chi connectivity index (χ1v) is 27.3. The van der Waals surface area contributed by atoms with Crippen LogP contribution in [0.15, 0.2) is 267 Å². The van der Waals surface area contributed by atoms with Gasteiger partial charge in [-0.25, -0.2) is 0 Å². The predicted molar refractivity (Wildman–Crippen MR) is 335 cm³/mol. The number of fused-ring (bicyclic) bond motifs is 15. The third kappa shape index (κ3) is 5.73. The highest BCUT2D eigenvalue weighted by atomic mass is 14.4. The molecule has 0 unspecified atom stereocenters. The Labute approximate surface area is 450 Å². The first-order chi connectivity index (χ1) is 38.7. The molecular formula is C78H44. The number of hydrogen-bond acceptors (Lipinski definition) is 0. The third-order valence-corrected chi connectivity index (χ3v) is 17.8. The number of hydrogen-bond donors (Lipinski definition) is 0. The highest BCUT2D eigenvalue weighted by Crippen LogP contribution is 2.62. The lowest BCUT2D eigenvalue weighted by Gasteiger charge is -2.25. The second kappa shape index (κ2) is 15.7.